The average molecular weight is 422 g/mol. The molecule has 6 heteroatoms. The van der Waals surface area contributed by atoms with Crippen LogP contribution in [0.4, 0.5) is 0 Å². The third kappa shape index (κ3) is 3.53. The number of rotatable bonds is 3. The van der Waals surface area contributed by atoms with Crippen LogP contribution in [0.3, 0.4) is 0 Å². The molecule has 0 saturated carbocycles. The smallest absolute Gasteiger partial charge is 0.253 e. The van der Waals surface area contributed by atoms with Gasteiger partial charge in [-0.3, -0.25) is 9.36 Å². The Morgan fingerprint density at radius 1 is 1.09 bits per heavy atom. The standard InChI is InChI=1S/C26H23N5O/c1-17-2-9-22(10-3-17)31-24-11-8-20(26(32)30-13-12-21(28)16-30)14-23(24)29-25(31)19-6-4-18(15-27)5-7-19/h2-11,14,21H,12-13,16,28H2,1H3/t21-/m0/s1. The van der Waals surface area contributed by atoms with Crippen molar-refractivity contribution in [3.05, 3.63) is 83.4 Å². The minimum absolute atomic E-state index is 0.00958. The lowest BCUT2D eigenvalue weighted by molar-refractivity contribution is 0.0791. The van der Waals surface area contributed by atoms with Gasteiger partial charge in [-0.25, -0.2) is 4.98 Å². The topological polar surface area (TPSA) is 87.9 Å². The fourth-order valence-electron chi connectivity index (χ4n) is 4.21. The van der Waals surface area contributed by atoms with E-state index in [-0.39, 0.29) is 11.9 Å². The molecular formula is C26H23N5O. The largest absolute Gasteiger partial charge is 0.337 e. The van der Waals surface area contributed by atoms with Crippen LogP contribution in [-0.4, -0.2) is 39.5 Å². The highest BCUT2D eigenvalue weighted by Crippen LogP contribution is 2.30. The van der Waals surface area contributed by atoms with Crippen LogP contribution in [-0.2, 0) is 0 Å². The summed E-state index contributed by atoms with van der Waals surface area (Å²) in [6.07, 6.45) is 0.832. The number of nitrogens with two attached hydrogens (primary N) is 1. The number of nitriles is 1. The molecule has 2 heterocycles. The van der Waals surface area contributed by atoms with Gasteiger partial charge in [-0.15, -0.1) is 0 Å². The second kappa shape index (κ2) is 7.95. The van der Waals surface area contributed by atoms with Crippen LogP contribution in [0.25, 0.3) is 28.1 Å². The molecule has 2 N–H and O–H groups in total. The highest BCUT2D eigenvalue weighted by molar-refractivity contribution is 5.98. The first-order valence-corrected chi connectivity index (χ1v) is 10.7. The van der Waals surface area contributed by atoms with E-state index >= 15 is 0 Å². The Morgan fingerprint density at radius 3 is 2.50 bits per heavy atom. The number of benzene rings is 3. The summed E-state index contributed by atoms with van der Waals surface area (Å²) in [4.78, 5) is 19.7. The summed E-state index contributed by atoms with van der Waals surface area (Å²) >= 11 is 0. The molecule has 1 aromatic heterocycles. The molecule has 1 atom stereocenters. The normalized spacial score (nSPS) is 15.8. The number of likely N-dealkylation sites (tertiary alicyclic amines) is 1. The van der Waals surface area contributed by atoms with Crippen molar-refractivity contribution in [2.75, 3.05) is 13.1 Å². The quantitative estimate of drug-likeness (QED) is 0.541. The fraction of sp³-hybridized carbons (Fsp3) is 0.192. The van der Waals surface area contributed by atoms with E-state index < -0.39 is 0 Å². The number of imidazole rings is 1. The van der Waals surface area contributed by atoms with Crippen LogP contribution in [0.1, 0.15) is 27.9 Å². The van der Waals surface area contributed by atoms with Crippen molar-refractivity contribution in [1.82, 2.24) is 14.5 Å². The van der Waals surface area contributed by atoms with E-state index in [2.05, 4.69) is 41.8 Å². The van der Waals surface area contributed by atoms with Gasteiger partial charge in [-0.1, -0.05) is 17.7 Å². The van der Waals surface area contributed by atoms with Gasteiger partial charge in [0.2, 0.25) is 0 Å². The third-order valence-corrected chi connectivity index (χ3v) is 5.98. The zero-order valence-corrected chi connectivity index (χ0v) is 17.8. The minimum Gasteiger partial charge on any atom is -0.337 e. The predicted octanol–water partition coefficient (Wildman–Crippen LogP) is 4.05. The predicted molar refractivity (Wildman–Crippen MR) is 124 cm³/mol. The molecule has 1 amide bonds. The molecule has 6 nitrogen and oxygen atoms in total. The fourth-order valence-corrected chi connectivity index (χ4v) is 4.21. The summed E-state index contributed by atoms with van der Waals surface area (Å²) < 4.78 is 2.09. The van der Waals surface area contributed by atoms with Gasteiger partial charge in [0.15, 0.2) is 0 Å². The highest BCUT2D eigenvalue weighted by Gasteiger charge is 2.25. The highest BCUT2D eigenvalue weighted by atomic mass is 16.2. The van der Waals surface area contributed by atoms with Gasteiger partial charge in [0.25, 0.3) is 5.91 Å². The van der Waals surface area contributed by atoms with E-state index in [9.17, 15) is 4.79 Å². The van der Waals surface area contributed by atoms with Crippen molar-refractivity contribution >= 4 is 16.9 Å². The summed E-state index contributed by atoms with van der Waals surface area (Å²) in [6.45, 7) is 3.33. The number of aryl methyl sites for hydroxylation is 1. The second-order valence-electron chi connectivity index (χ2n) is 8.30. The van der Waals surface area contributed by atoms with E-state index in [0.29, 0.717) is 24.2 Å². The van der Waals surface area contributed by atoms with Gasteiger partial charge in [0, 0.05) is 35.9 Å². The molecule has 0 bridgehead atoms. The second-order valence-corrected chi connectivity index (χ2v) is 8.30. The number of aromatic nitrogens is 2. The average Bonchev–Trinajstić information content (AvgIpc) is 3.42. The molecule has 1 aliphatic heterocycles. The molecule has 5 rings (SSSR count). The molecule has 32 heavy (non-hydrogen) atoms. The lowest BCUT2D eigenvalue weighted by Gasteiger charge is -2.15. The first kappa shape index (κ1) is 20.0. The van der Waals surface area contributed by atoms with Crippen LogP contribution in [0, 0.1) is 18.3 Å². The number of carbonyl (C=O) groups excluding carboxylic acids is 1. The van der Waals surface area contributed by atoms with Crippen molar-refractivity contribution in [1.29, 1.82) is 5.26 Å². The number of amides is 1. The Labute approximate surface area is 186 Å². The Morgan fingerprint density at radius 2 is 1.84 bits per heavy atom. The summed E-state index contributed by atoms with van der Waals surface area (Å²) in [7, 11) is 0. The Hall–Kier alpha value is -3.95. The van der Waals surface area contributed by atoms with Gasteiger partial charge in [-0.2, -0.15) is 5.26 Å². The Balaban J connectivity index is 1.65. The monoisotopic (exact) mass is 421 g/mol. The number of hydrogen-bond donors (Lipinski definition) is 1. The summed E-state index contributed by atoms with van der Waals surface area (Å²) in [5, 5.41) is 9.15. The van der Waals surface area contributed by atoms with Crippen LogP contribution >= 0.6 is 0 Å². The zero-order valence-electron chi connectivity index (χ0n) is 17.8. The lowest BCUT2D eigenvalue weighted by atomic mass is 10.1. The third-order valence-electron chi connectivity index (χ3n) is 5.98. The molecule has 158 valence electrons. The van der Waals surface area contributed by atoms with Crippen molar-refractivity contribution in [3.8, 4) is 23.1 Å². The Bertz CT molecular complexity index is 1350. The van der Waals surface area contributed by atoms with Gasteiger partial charge in [0.1, 0.15) is 5.82 Å². The number of fused-ring (bicyclic) bond motifs is 1. The summed E-state index contributed by atoms with van der Waals surface area (Å²) in [5.41, 5.74) is 11.9. The molecule has 3 aromatic carbocycles. The van der Waals surface area contributed by atoms with E-state index in [0.717, 1.165) is 34.5 Å². The molecule has 4 aromatic rings. The molecule has 0 spiro atoms. The number of carbonyl (C=O) groups is 1. The molecule has 1 aliphatic rings. The number of hydrogen-bond acceptors (Lipinski definition) is 4. The first-order chi connectivity index (χ1) is 15.5. The Kier molecular flexibility index (Phi) is 4.96. The maximum absolute atomic E-state index is 13.0. The lowest BCUT2D eigenvalue weighted by Crippen LogP contribution is -2.31. The molecule has 1 fully saturated rings. The molecule has 0 aliphatic carbocycles. The zero-order chi connectivity index (χ0) is 22.2. The van der Waals surface area contributed by atoms with Crippen molar-refractivity contribution in [2.45, 2.75) is 19.4 Å². The number of nitrogens with zero attached hydrogens (tertiary/aromatic N) is 4. The van der Waals surface area contributed by atoms with Crippen LogP contribution in [0.5, 0.6) is 0 Å². The molecular weight excluding hydrogens is 398 g/mol. The SMILES string of the molecule is Cc1ccc(-n2c(-c3ccc(C#N)cc3)nc3cc(C(=O)N4CC[C@H](N)C4)ccc32)cc1. The van der Waals surface area contributed by atoms with Crippen molar-refractivity contribution in [2.24, 2.45) is 5.73 Å². The van der Waals surface area contributed by atoms with Crippen molar-refractivity contribution in [3.63, 3.8) is 0 Å². The van der Waals surface area contributed by atoms with Gasteiger partial charge in [0.05, 0.1) is 22.7 Å². The van der Waals surface area contributed by atoms with Gasteiger partial charge < -0.3 is 10.6 Å². The molecule has 1 saturated heterocycles. The van der Waals surface area contributed by atoms with Crippen LogP contribution in [0.15, 0.2) is 66.7 Å². The van der Waals surface area contributed by atoms with E-state index in [4.69, 9.17) is 16.0 Å². The maximum atomic E-state index is 13.0. The van der Waals surface area contributed by atoms with Crippen LogP contribution < -0.4 is 5.73 Å². The van der Waals surface area contributed by atoms with E-state index in [1.54, 1.807) is 12.1 Å². The van der Waals surface area contributed by atoms with Crippen LogP contribution in [0.2, 0.25) is 0 Å². The maximum Gasteiger partial charge on any atom is 0.253 e. The van der Waals surface area contributed by atoms with Gasteiger partial charge >= 0.3 is 0 Å². The first-order valence-electron chi connectivity index (χ1n) is 10.7. The van der Waals surface area contributed by atoms with Crippen molar-refractivity contribution < 1.29 is 4.79 Å². The van der Waals surface area contributed by atoms with Gasteiger partial charge in [-0.05, 0) is 67.9 Å². The minimum atomic E-state index is -0.00958. The molecule has 0 unspecified atom stereocenters. The summed E-state index contributed by atoms with van der Waals surface area (Å²) in [5.74, 6) is 0.755. The van der Waals surface area contributed by atoms with E-state index in [1.807, 2.05) is 35.2 Å². The summed E-state index contributed by atoms with van der Waals surface area (Å²) in [6, 6.07) is 23.5. The van der Waals surface area contributed by atoms with E-state index in [1.165, 1.54) is 5.56 Å². The molecule has 0 radical (unpaired) electrons.